The minimum atomic E-state index is 0.779. The summed E-state index contributed by atoms with van der Waals surface area (Å²) in [5.41, 5.74) is 2.04. The molecule has 1 heterocycles. The lowest BCUT2D eigenvalue weighted by Crippen LogP contribution is -1.80. The van der Waals surface area contributed by atoms with E-state index in [1.807, 2.05) is 5.38 Å². The van der Waals surface area contributed by atoms with Crippen molar-refractivity contribution in [1.82, 2.24) is 0 Å². The molecule has 0 aliphatic carbocycles. The molecule has 1 aromatic carbocycles. The fourth-order valence-corrected chi connectivity index (χ4v) is 3.11. The molecule has 0 bridgehead atoms. The Hall–Kier alpha value is -0.850. The molecule has 2 rings (SSSR count). The van der Waals surface area contributed by atoms with Gasteiger partial charge in [-0.25, -0.2) is 0 Å². The van der Waals surface area contributed by atoms with E-state index in [0.717, 1.165) is 21.8 Å². The Bertz CT molecular complexity index is 522. The van der Waals surface area contributed by atoms with Crippen LogP contribution in [0, 0.1) is 11.3 Å². The fraction of sp³-hybridized carbons (Fsp3) is 0.182. The average molecular weight is 266 g/mol. The van der Waals surface area contributed by atoms with Crippen LogP contribution in [0.3, 0.4) is 0 Å². The van der Waals surface area contributed by atoms with Gasteiger partial charge >= 0.3 is 0 Å². The summed E-state index contributed by atoms with van der Waals surface area (Å²) in [6.07, 6.45) is 0.995. The number of nitrogens with zero attached hydrogens (tertiary/aromatic N) is 1. The SMILES string of the molecule is CCc1cc(Br)c2scc(C#N)c2c1. The molecule has 0 atom stereocenters. The summed E-state index contributed by atoms with van der Waals surface area (Å²) in [4.78, 5) is 0. The summed E-state index contributed by atoms with van der Waals surface area (Å²) >= 11 is 5.15. The Kier molecular flexibility index (Phi) is 2.58. The van der Waals surface area contributed by atoms with Gasteiger partial charge in [-0.15, -0.1) is 11.3 Å². The zero-order valence-electron chi connectivity index (χ0n) is 7.67. The number of halogens is 1. The summed E-state index contributed by atoms with van der Waals surface area (Å²) in [5, 5.41) is 11.9. The second-order valence-electron chi connectivity index (χ2n) is 3.07. The Morgan fingerprint density at radius 2 is 2.29 bits per heavy atom. The summed E-state index contributed by atoms with van der Waals surface area (Å²) in [5.74, 6) is 0. The van der Waals surface area contributed by atoms with Crippen molar-refractivity contribution in [2.45, 2.75) is 13.3 Å². The summed E-state index contributed by atoms with van der Waals surface area (Å²) in [7, 11) is 0. The summed E-state index contributed by atoms with van der Waals surface area (Å²) < 4.78 is 2.26. The van der Waals surface area contributed by atoms with E-state index in [9.17, 15) is 0 Å². The largest absolute Gasteiger partial charge is 0.192 e. The number of rotatable bonds is 1. The van der Waals surface area contributed by atoms with Gasteiger partial charge < -0.3 is 0 Å². The van der Waals surface area contributed by atoms with Crippen molar-refractivity contribution < 1.29 is 0 Å². The highest BCUT2D eigenvalue weighted by molar-refractivity contribution is 9.10. The van der Waals surface area contributed by atoms with E-state index in [1.54, 1.807) is 11.3 Å². The van der Waals surface area contributed by atoms with Crippen LogP contribution >= 0.6 is 27.3 Å². The Morgan fingerprint density at radius 1 is 1.50 bits per heavy atom. The molecular formula is C11H8BrNS. The highest BCUT2D eigenvalue weighted by Crippen LogP contribution is 2.33. The second kappa shape index (κ2) is 3.72. The lowest BCUT2D eigenvalue weighted by molar-refractivity contribution is 1.14. The molecule has 0 amide bonds. The van der Waals surface area contributed by atoms with Gasteiger partial charge in [-0.1, -0.05) is 6.92 Å². The molecule has 0 saturated heterocycles. The quantitative estimate of drug-likeness (QED) is 0.762. The highest BCUT2D eigenvalue weighted by atomic mass is 79.9. The molecule has 0 aliphatic heterocycles. The summed E-state index contributed by atoms with van der Waals surface area (Å²) in [6, 6.07) is 6.45. The molecule has 2 aromatic rings. The smallest absolute Gasteiger partial charge is 0.101 e. The van der Waals surface area contributed by atoms with Gasteiger partial charge in [0.15, 0.2) is 0 Å². The van der Waals surface area contributed by atoms with E-state index in [0.29, 0.717) is 0 Å². The minimum Gasteiger partial charge on any atom is -0.192 e. The van der Waals surface area contributed by atoms with Crippen molar-refractivity contribution in [2.75, 3.05) is 0 Å². The Balaban J connectivity index is 2.82. The van der Waals surface area contributed by atoms with E-state index < -0.39 is 0 Å². The molecule has 3 heteroatoms. The van der Waals surface area contributed by atoms with Crippen LogP contribution < -0.4 is 0 Å². The molecule has 70 valence electrons. The van der Waals surface area contributed by atoms with Crippen molar-refractivity contribution in [2.24, 2.45) is 0 Å². The number of hydrogen-bond acceptors (Lipinski definition) is 2. The lowest BCUT2D eigenvalue weighted by atomic mass is 10.1. The molecule has 0 saturated carbocycles. The van der Waals surface area contributed by atoms with Crippen molar-refractivity contribution >= 4 is 37.4 Å². The molecule has 0 N–H and O–H groups in total. The van der Waals surface area contributed by atoms with E-state index in [1.165, 1.54) is 10.3 Å². The van der Waals surface area contributed by atoms with Gasteiger partial charge in [-0.3, -0.25) is 0 Å². The first-order chi connectivity index (χ1) is 6.76. The minimum absolute atomic E-state index is 0.779. The maximum atomic E-state index is 8.92. The van der Waals surface area contributed by atoms with Crippen LogP contribution in [0.4, 0.5) is 0 Å². The molecule has 0 unspecified atom stereocenters. The first kappa shape index (κ1) is 9.70. The Morgan fingerprint density at radius 3 is 2.93 bits per heavy atom. The van der Waals surface area contributed by atoms with Crippen LogP contribution in [0.25, 0.3) is 10.1 Å². The number of benzene rings is 1. The molecule has 0 fully saturated rings. The molecule has 0 spiro atoms. The van der Waals surface area contributed by atoms with Gasteiger partial charge in [0.05, 0.1) is 5.56 Å². The maximum Gasteiger partial charge on any atom is 0.101 e. The van der Waals surface area contributed by atoms with Gasteiger partial charge in [-0.05, 0) is 40.0 Å². The van der Waals surface area contributed by atoms with E-state index in [2.05, 4.69) is 41.1 Å². The zero-order chi connectivity index (χ0) is 10.1. The lowest BCUT2D eigenvalue weighted by Gasteiger charge is -1.99. The third-order valence-corrected chi connectivity index (χ3v) is 4.13. The van der Waals surface area contributed by atoms with Crippen LogP contribution in [-0.2, 0) is 6.42 Å². The number of hydrogen-bond donors (Lipinski definition) is 0. The summed E-state index contributed by atoms with van der Waals surface area (Å²) in [6.45, 7) is 2.12. The number of nitriles is 1. The number of fused-ring (bicyclic) bond motifs is 1. The number of thiophene rings is 1. The Labute approximate surface area is 95.1 Å². The van der Waals surface area contributed by atoms with Crippen molar-refractivity contribution in [3.05, 3.63) is 33.1 Å². The maximum absolute atomic E-state index is 8.92. The monoisotopic (exact) mass is 265 g/mol. The molecule has 1 aromatic heterocycles. The molecular weight excluding hydrogens is 258 g/mol. The van der Waals surface area contributed by atoms with Crippen molar-refractivity contribution in [3.8, 4) is 6.07 Å². The molecule has 14 heavy (non-hydrogen) atoms. The van der Waals surface area contributed by atoms with Crippen molar-refractivity contribution in [1.29, 1.82) is 5.26 Å². The molecule has 1 nitrogen and oxygen atoms in total. The highest BCUT2D eigenvalue weighted by Gasteiger charge is 2.07. The van der Waals surface area contributed by atoms with E-state index in [-0.39, 0.29) is 0 Å². The second-order valence-corrected chi connectivity index (χ2v) is 4.80. The van der Waals surface area contributed by atoms with Gasteiger partial charge in [-0.2, -0.15) is 5.26 Å². The van der Waals surface area contributed by atoms with Gasteiger partial charge in [0.25, 0.3) is 0 Å². The third-order valence-electron chi connectivity index (χ3n) is 2.22. The third kappa shape index (κ3) is 1.45. The van der Waals surface area contributed by atoms with Crippen LogP contribution in [0.2, 0.25) is 0 Å². The van der Waals surface area contributed by atoms with Crippen LogP contribution in [0.1, 0.15) is 18.1 Å². The normalized spacial score (nSPS) is 10.4. The first-order valence-electron chi connectivity index (χ1n) is 4.36. The topological polar surface area (TPSA) is 23.8 Å². The fourth-order valence-electron chi connectivity index (χ4n) is 1.44. The zero-order valence-corrected chi connectivity index (χ0v) is 10.1. The van der Waals surface area contributed by atoms with Crippen molar-refractivity contribution in [3.63, 3.8) is 0 Å². The van der Waals surface area contributed by atoms with Crippen LogP contribution in [0.15, 0.2) is 22.0 Å². The van der Waals surface area contributed by atoms with Gasteiger partial charge in [0.1, 0.15) is 6.07 Å². The van der Waals surface area contributed by atoms with Crippen LogP contribution in [0.5, 0.6) is 0 Å². The predicted molar refractivity (Wildman–Crippen MR) is 63.6 cm³/mol. The average Bonchev–Trinajstić information content (AvgIpc) is 2.61. The van der Waals surface area contributed by atoms with E-state index in [4.69, 9.17) is 5.26 Å². The van der Waals surface area contributed by atoms with Gasteiger partial charge in [0.2, 0.25) is 0 Å². The molecule has 0 aliphatic rings. The first-order valence-corrected chi connectivity index (χ1v) is 6.03. The standard InChI is InChI=1S/C11H8BrNS/c1-2-7-3-9-8(5-13)6-14-11(9)10(12)4-7/h3-4,6H,2H2,1H3. The molecule has 0 radical (unpaired) electrons. The van der Waals surface area contributed by atoms with Crippen LogP contribution in [-0.4, -0.2) is 0 Å². The number of aryl methyl sites for hydroxylation is 1. The van der Waals surface area contributed by atoms with E-state index >= 15 is 0 Å². The predicted octanol–water partition coefficient (Wildman–Crippen LogP) is 4.10. The van der Waals surface area contributed by atoms with Gasteiger partial charge in [0, 0.05) is 19.9 Å².